The van der Waals surface area contributed by atoms with Crippen molar-refractivity contribution >= 4 is 11.6 Å². The van der Waals surface area contributed by atoms with Gasteiger partial charge in [0.2, 0.25) is 5.91 Å². The molecule has 0 atom stereocenters. The fourth-order valence-electron chi connectivity index (χ4n) is 2.79. The van der Waals surface area contributed by atoms with Gasteiger partial charge in [-0.2, -0.15) is 0 Å². The van der Waals surface area contributed by atoms with Crippen LogP contribution >= 0.6 is 0 Å². The van der Waals surface area contributed by atoms with E-state index in [1.807, 2.05) is 12.1 Å². The molecule has 114 valence electrons. The Hall–Kier alpha value is -1.39. The van der Waals surface area contributed by atoms with Crippen LogP contribution in [-0.2, 0) is 11.3 Å². The van der Waals surface area contributed by atoms with Crippen molar-refractivity contribution in [1.82, 2.24) is 4.90 Å². The van der Waals surface area contributed by atoms with Crippen LogP contribution in [0.3, 0.4) is 0 Å². The van der Waals surface area contributed by atoms with Gasteiger partial charge in [0.1, 0.15) is 0 Å². The van der Waals surface area contributed by atoms with E-state index < -0.39 is 5.54 Å². The molecular formula is C17H25N3O. The first-order chi connectivity index (χ1) is 10.0. The van der Waals surface area contributed by atoms with Crippen molar-refractivity contribution in [2.75, 3.05) is 18.4 Å². The Labute approximate surface area is 126 Å². The lowest BCUT2D eigenvalue weighted by Crippen LogP contribution is -2.37. The maximum Gasteiger partial charge on any atom is 0.244 e. The van der Waals surface area contributed by atoms with Gasteiger partial charge in [-0.15, -0.1) is 0 Å². The van der Waals surface area contributed by atoms with Gasteiger partial charge in [0.25, 0.3) is 0 Å². The highest BCUT2D eigenvalue weighted by molar-refractivity contribution is 6.00. The number of carbonyl (C=O) groups is 1. The van der Waals surface area contributed by atoms with Crippen LogP contribution in [0.1, 0.15) is 38.2 Å². The highest BCUT2D eigenvalue weighted by atomic mass is 16.2. The summed E-state index contributed by atoms with van der Waals surface area (Å²) in [6.45, 7) is 5.71. The van der Waals surface area contributed by atoms with Gasteiger partial charge in [0, 0.05) is 12.2 Å². The van der Waals surface area contributed by atoms with E-state index in [1.165, 1.54) is 31.5 Å². The molecule has 2 fully saturated rings. The van der Waals surface area contributed by atoms with E-state index in [2.05, 4.69) is 29.3 Å². The number of piperidine rings is 1. The summed E-state index contributed by atoms with van der Waals surface area (Å²) < 4.78 is 0. The van der Waals surface area contributed by atoms with E-state index in [1.54, 1.807) is 0 Å². The molecule has 1 aliphatic heterocycles. The third kappa shape index (κ3) is 3.63. The molecule has 21 heavy (non-hydrogen) atoms. The molecule has 2 aliphatic rings. The molecule has 1 aromatic rings. The quantitative estimate of drug-likeness (QED) is 0.893. The zero-order valence-corrected chi connectivity index (χ0v) is 12.8. The molecule has 1 aliphatic carbocycles. The summed E-state index contributed by atoms with van der Waals surface area (Å²) in [6, 6.07) is 8.16. The molecule has 4 nitrogen and oxygen atoms in total. The molecule has 3 rings (SSSR count). The minimum absolute atomic E-state index is 0.0553. The molecule has 0 radical (unpaired) electrons. The van der Waals surface area contributed by atoms with Crippen LogP contribution in [0.4, 0.5) is 5.69 Å². The normalized spacial score (nSPS) is 22.0. The Morgan fingerprint density at radius 3 is 2.48 bits per heavy atom. The molecular weight excluding hydrogens is 262 g/mol. The molecule has 1 saturated heterocycles. The fraction of sp³-hybridized carbons (Fsp3) is 0.588. The lowest BCUT2D eigenvalue weighted by atomic mass is 9.99. The minimum atomic E-state index is -0.608. The van der Waals surface area contributed by atoms with Crippen molar-refractivity contribution in [3.8, 4) is 0 Å². The average Bonchev–Trinajstić information content (AvgIpc) is 3.23. The van der Waals surface area contributed by atoms with E-state index in [9.17, 15) is 4.79 Å². The van der Waals surface area contributed by atoms with Gasteiger partial charge in [-0.1, -0.05) is 19.1 Å². The van der Waals surface area contributed by atoms with Gasteiger partial charge in [0.15, 0.2) is 0 Å². The molecule has 1 heterocycles. The van der Waals surface area contributed by atoms with Gasteiger partial charge in [0.05, 0.1) is 5.54 Å². The summed E-state index contributed by atoms with van der Waals surface area (Å²) in [5, 5.41) is 2.90. The largest absolute Gasteiger partial charge is 0.324 e. The number of hydrogen-bond acceptors (Lipinski definition) is 3. The standard InChI is InChI=1S/C17H25N3O/c1-13-6-10-20(11-7-13)12-14-2-4-15(5-3-14)19-16(21)17(18)8-9-17/h2-5,13H,6-12,18H2,1H3,(H,19,21). The van der Waals surface area contributed by atoms with E-state index in [4.69, 9.17) is 5.73 Å². The minimum Gasteiger partial charge on any atom is -0.324 e. The van der Waals surface area contributed by atoms with Crippen molar-refractivity contribution in [2.45, 2.75) is 44.7 Å². The third-order valence-electron chi connectivity index (χ3n) is 4.74. The van der Waals surface area contributed by atoms with Crippen LogP contribution in [0.5, 0.6) is 0 Å². The maximum atomic E-state index is 11.9. The zero-order chi connectivity index (χ0) is 14.9. The van der Waals surface area contributed by atoms with E-state index >= 15 is 0 Å². The third-order valence-corrected chi connectivity index (χ3v) is 4.74. The average molecular weight is 287 g/mol. The topological polar surface area (TPSA) is 58.4 Å². The number of benzene rings is 1. The second-order valence-corrected chi connectivity index (χ2v) is 6.77. The van der Waals surface area contributed by atoms with Crippen molar-refractivity contribution in [3.05, 3.63) is 29.8 Å². The molecule has 0 bridgehead atoms. The Bertz CT molecular complexity index is 499. The van der Waals surface area contributed by atoms with Crippen molar-refractivity contribution in [3.63, 3.8) is 0 Å². The van der Waals surface area contributed by atoms with Crippen LogP contribution in [0.15, 0.2) is 24.3 Å². The maximum absolute atomic E-state index is 11.9. The fourth-order valence-corrected chi connectivity index (χ4v) is 2.79. The van der Waals surface area contributed by atoms with Crippen LogP contribution in [-0.4, -0.2) is 29.4 Å². The Morgan fingerprint density at radius 1 is 1.29 bits per heavy atom. The molecule has 3 N–H and O–H groups in total. The summed E-state index contributed by atoms with van der Waals surface area (Å²) in [6.07, 6.45) is 4.19. The summed E-state index contributed by atoms with van der Waals surface area (Å²) in [7, 11) is 0. The number of rotatable bonds is 4. The number of nitrogens with zero attached hydrogens (tertiary/aromatic N) is 1. The highest BCUT2D eigenvalue weighted by Crippen LogP contribution is 2.33. The summed E-state index contributed by atoms with van der Waals surface area (Å²) in [5.41, 5.74) is 7.42. The van der Waals surface area contributed by atoms with Gasteiger partial charge in [-0.25, -0.2) is 0 Å². The number of carbonyl (C=O) groups excluding carboxylic acids is 1. The molecule has 0 spiro atoms. The number of hydrogen-bond donors (Lipinski definition) is 2. The van der Waals surface area contributed by atoms with Gasteiger partial charge >= 0.3 is 0 Å². The summed E-state index contributed by atoms with van der Waals surface area (Å²) >= 11 is 0. The smallest absolute Gasteiger partial charge is 0.244 e. The molecule has 0 unspecified atom stereocenters. The predicted molar refractivity (Wildman–Crippen MR) is 84.9 cm³/mol. The number of likely N-dealkylation sites (tertiary alicyclic amines) is 1. The lowest BCUT2D eigenvalue weighted by molar-refractivity contribution is -0.118. The lowest BCUT2D eigenvalue weighted by Gasteiger charge is -2.30. The summed E-state index contributed by atoms with van der Waals surface area (Å²) in [4.78, 5) is 14.4. The first-order valence-corrected chi connectivity index (χ1v) is 7.97. The monoisotopic (exact) mass is 287 g/mol. The zero-order valence-electron chi connectivity index (χ0n) is 12.8. The van der Waals surface area contributed by atoms with Crippen LogP contribution in [0.2, 0.25) is 0 Å². The first-order valence-electron chi connectivity index (χ1n) is 7.97. The second kappa shape index (κ2) is 5.78. The SMILES string of the molecule is CC1CCN(Cc2ccc(NC(=O)C3(N)CC3)cc2)CC1. The Balaban J connectivity index is 1.53. The van der Waals surface area contributed by atoms with Crippen molar-refractivity contribution in [2.24, 2.45) is 11.7 Å². The predicted octanol–water partition coefficient (Wildman–Crippen LogP) is 2.35. The molecule has 4 heteroatoms. The molecule has 1 aromatic carbocycles. The van der Waals surface area contributed by atoms with E-state index in [0.29, 0.717) is 0 Å². The number of nitrogens with one attached hydrogen (secondary N) is 1. The van der Waals surface area contributed by atoms with E-state index in [0.717, 1.165) is 31.0 Å². The number of anilines is 1. The van der Waals surface area contributed by atoms with Gasteiger partial charge in [-0.05, 0) is 62.4 Å². The van der Waals surface area contributed by atoms with E-state index in [-0.39, 0.29) is 5.91 Å². The van der Waals surface area contributed by atoms with Crippen LogP contribution < -0.4 is 11.1 Å². The summed E-state index contributed by atoms with van der Waals surface area (Å²) in [5.74, 6) is 0.810. The molecule has 0 aromatic heterocycles. The van der Waals surface area contributed by atoms with Gasteiger partial charge in [-0.3, -0.25) is 9.69 Å². The van der Waals surface area contributed by atoms with Crippen LogP contribution in [0.25, 0.3) is 0 Å². The molecule has 1 amide bonds. The van der Waals surface area contributed by atoms with Crippen molar-refractivity contribution in [1.29, 1.82) is 0 Å². The first kappa shape index (κ1) is 14.5. The Kier molecular flexibility index (Phi) is 4.00. The van der Waals surface area contributed by atoms with Crippen LogP contribution in [0, 0.1) is 5.92 Å². The Morgan fingerprint density at radius 2 is 1.90 bits per heavy atom. The molecule has 1 saturated carbocycles. The number of amides is 1. The van der Waals surface area contributed by atoms with Crippen molar-refractivity contribution < 1.29 is 4.79 Å². The number of nitrogens with two attached hydrogens (primary N) is 1. The highest BCUT2D eigenvalue weighted by Gasteiger charge is 2.45. The second-order valence-electron chi connectivity index (χ2n) is 6.77. The van der Waals surface area contributed by atoms with Gasteiger partial charge < -0.3 is 11.1 Å².